The number of anilines is 1. The van der Waals surface area contributed by atoms with Gasteiger partial charge in [0.2, 0.25) is 11.7 Å². The molecule has 0 aliphatic heterocycles. The number of carboxylic acids is 1. The fourth-order valence-corrected chi connectivity index (χ4v) is 4.58. The second kappa shape index (κ2) is 10.7. The number of para-hydroxylation sites is 2. The van der Waals surface area contributed by atoms with Crippen LogP contribution in [0.4, 0.5) is 5.69 Å². The van der Waals surface area contributed by atoms with Crippen LogP contribution in [0.15, 0.2) is 78.9 Å². The van der Waals surface area contributed by atoms with E-state index in [1.54, 1.807) is 65.3 Å². The van der Waals surface area contributed by atoms with Gasteiger partial charge in [0.15, 0.2) is 5.92 Å². The molecule has 1 aromatic heterocycles. The van der Waals surface area contributed by atoms with Crippen molar-refractivity contribution >= 4 is 29.3 Å². The zero-order valence-electron chi connectivity index (χ0n) is 21.3. The number of carbonyl (C=O) groups is 4. The molecule has 40 heavy (non-hydrogen) atoms. The minimum Gasteiger partial charge on any atom is -0.480 e. The van der Waals surface area contributed by atoms with E-state index in [0.717, 1.165) is 5.56 Å². The molecule has 0 spiro atoms. The third kappa shape index (κ3) is 4.83. The summed E-state index contributed by atoms with van der Waals surface area (Å²) in [5.74, 6) is -4.85. The van der Waals surface area contributed by atoms with Crippen LogP contribution >= 0.6 is 0 Å². The highest BCUT2D eigenvalue weighted by Crippen LogP contribution is 2.41. The Kier molecular flexibility index (Phi) is 6.95. The molecule has 2 amide bonds. The lowest BCUT2D eigenvalue weighted by Gasteiger charge is -2.12. The van der Waals surface area contributed by atoms with Gasteiger partial charge in [-0.1, -0.05) is 42.5 Å². The van der Waals surface area contributed by atoms with Crippen LogP contribution in [-0.2, 0) is 16.0 Å². The van der Waals surface area contributed by atoms with Crippen molar-refractivity contribution in [3.05, 3.63) is 101 Å². The number of nitrogens with zero attached hydrogens (tertiary/aromatic N) is 3. The van der Waals surface area contributed by atoms with E-state index in [2.05, 4.69) is 15.7 Å². The van der Waals surface area contributed by atoms with Gasteiger partial charge in [-0.2, -0.15) is 10.4 Å². The third-order valence-electron chi connectivity index (χ3n) is 6.62. The lowest BCUT2D eigenvalue weighted by atomic mass is 9.98. The van der Waals surface area contributed by atoms with E-state index in [4.69, 9.17) is 5.11 Å². The van der Waals surface area contributed by atoms with Crippen molar-refractivity contribution in [3.8, 4) is 23.0 Å². The second-order valence-electron chi connectivity index (χ2n) is 9.29. The molecule has 1 aliphatic rings. The topological polar surface area (TPSA) is 154 Å². The number of fused-ring (bicyclic) bond motifs is 3. The number of nitrogens with one attached hydrogen (secondary N) is 2. The van der Waals surface area contributed by atoms with Crippen molar-refractivity contribution in [1.29, 1.82) is 5.26 Å². The van der Waals surface area contributed by atoms with Gasteiger partial charge in [-0.3, -0.25) is 19.2 Å². The van der Waals surface area contributed by atoms with Crippen LogP contribution < -0.4 is 10.6 Å². The Labute approximate surface area is 228 Å². The largest absolute Gasteiger partial charge is 0.480 e. The van der Waals surface area contributed by atoms with Gasteiger partial charge in [-0.25, -0.2) is 4.68 Å². The van der Waals surface area contributed by atoms with Crippen LogP contribution in [-0.4, -0.2) is 44.5 Å². The number of hydrogen-bond acceptors (Lipinski definition) is 6. The Bertz CT molecular complexity index is 1690. The fraction of sp³-hybridized carbons (Fsp3) is 0.133. The van der Waals surface area contributed by atoms with Gasteiger partial charge in [0.05, 0.1) is 17.5 Å². The second-order valence-corrected chi connectivity index (χ2v) is 9.29. The zero-order chi connectivity index (χ0) is 28.4. The Hall–Kier alpha value is -5.56. The number of aliphatic carboxylic acids is 1. The number of ketones is 1. The quantitative estimate of drug-likeness (QED) is 0.203. The molecule has 0 radical (unpaired) electrons. The van der Waals surface area contributed by atoms with Crippen LogP contribution in [0, 0.1) is 17.2 Å². The Morgan fingerprint density at radius 1 is 1.00 bits per heavy atom. The normalized spacial score (nSPS) is 12.8. The summed E-state index contributed by atoms with van der Waals surface area (Å²) in [6.45, 7) is 1.37. The average molecular weight is 534 g/mol. The number of Topliss-reactive ketones (excluding diaryl/α,β-unsaturated/α-hetero) is 1. The molecule has 1 heterocycles. The maximum atomic E-state index is 13.6. The van der Waals surface area contributed by atoms with Crippen molar-refractivity contribution in [2.24, 2.45) is 5.92 Å². The molecular formula is C30H23N5O5. The summed E-state index contributed by atoms with van der Waals surface area (Å²) < 4.78 is 1.57. The maximum absolute atomic E-state index is 13.6. The van der Waals surface area contributed by atoms with Gasteiger partial charge < -0.3 is 15.7 Å². The van der Waals surface area contributed by atoms with Crippen molar-refractivity contribution in [2.75, 3.05) is 5.32 Å². The van der Waals surface area contributed by atoms with Crippen molar-refractivity contribution in [2.45, 2.75) is 19.4 Å². The van der Waals surface area contributed by atoms with E-state index < -0.39 is 35.5 Å². The van der Waals surface area contributed by atoms with Crippen LogP contribution in [0.25, 0.3) is 16.9 Å². The van der Waals surface area contributed by atoms with Crippen LogP contribution in [0.1, 0.15) is 38.9 Å². The highest BCUT2D eigenvalue weighted by Gasteiger charge is 2.37. The Morgan fingerprint density at radius 2 is 1.68 bits per heavy atom. The number of hydrogen-bond donors (Lipinski definition) is 3. The average Bonchev–Trinajstić information content (AvgIpc) is 3.51. The lowest BCUT2D eigenvalue weighted by molar-refractivity contribution is -0.138. The summed E-state index contributed by atoms with van der Waals surface area (Å²) in [4.78, 5) is 50.5. The first kappa shape index (κ1) is 26.1. The molecule has 0 saturated carbocycles. The molecule has 1 aliphatic carbocycles. The SMILES string of the molecule is C[C@H](NC(=O)c1ccc2c(c1)-c1c(c(C(=O)C(C#N)C(=O)Nc3ccccc3)nn1-c1ccccc1)C2)C(=O)O. The molecular weight excluding hydrogens is 510 g/mol. The highest BCUT2D eigenvalue weighted by atomic mass is 16.4. The summed E-state index contributed by atoms with van der Waals surface area (Å²) >= 11 is 0. The molecule has 1 unspecified atom stereocenters. The molecule has 0 fully saturated rings. The maximum Gasteiger partial charge on any atom is 0.325 e. The van der Waals surface area contributed by atoms with Gasteiger partial charge in [-0.15, -0.1) is 0 Å². The number of rotatable bonds is 8. The first-order chi connectivity index (χ1) is 19.3. The number of carbonyl (C=O) groups excluding carboxylic acids is 3. The molecule has 0 saturated heterocycles. The smallest absolute Gasteiger partial charge is 0.325 e. The van der Waals surface area contributed by atoms with Crippen LogP contribution in [0.3, 0.4) is 0 Å². The van der Waals surface area contributed by atoms with Crippen molar-refractivity contribution < 1.29 is 24.3 Å². The number of benzene rings is 3. The van der Waals surface area contributed by atoms with Gasteiger partial charge >= 0.3 is 5.97 Å². The summed E-state index contributed by atoms with van der Waals surface area (Å²) in [6, 6.07) is 23.3. The summed E-state index contributed by atoms with van der Waals surface area (Å²) in [7, 11) is 0. The molecule has 4 aromatic rings. The van der Waals surface area contributed by atoms with Crippen LogP contribution in [0.5, 0.6) is 0 Å². The van der Waals surface area contributed by atoms with Crippen molar-refractivity contribution in [1.82, 2.24) is 15.1 Å². The Balaban J connectivity index is 1.56. The predicted octanol–water partition coefficient (Wildman–Crippen LogP) is 3.61. The zero-order valence-corrected chi connectivity index (χ0v) is 21.3. The molecule has 2 atom stereocenters. The van der Waals surface area contributed by atoms with E-state index in [0.29, 0.717) is 34.6 Å². The molecule has 0 bridgehead atoms. The molecule has 3 aromatic carbocycles. The summed E-state index contributed by atoms with van der Waals surface area (Å²) in [6.07, 6.45) is 0.296. The van der Waals surface area contributed by atoms with Crippen LogP contribution in [0.2, 0.25) is 0 Å². The lowest BCUT2D eigenvalue weighted by Crippen LogP contribution is -2.38. The number of amides is 2. The first-order valence-electron chi connectivity index (χ1n) is 12.4. The molecule has 10 heteroatoms. The minimum absolute atomic E-state index is 0.00434. The number of aromatic nitrogens is 2. The highest BCUT2D eigenvalue weighted by molar-refractivity contribution is 6.16. The number of carboxylic acid groups (broad SMARTS) is 1. The number of nitriles is 1. The molecule has 5 rings (SSSR count). The third-order valence-corrected chi connectivity index (χ3v) is 6.62. The summed E-state index contributed by atoms with van der Waals surface area (Å²) in [5, 5.41) is 28.6. The van der Waals surface area contributed by atoms with Gasteiger partial charge in [0, 0.05) is 28.8 Å². The van der Waals surface area contributed by atoms with Gasteiger partial charge in [-0.05, 0) is 48.9 Å². The Morgan fingerprint density at radius 3 is 2.33 bits per heavy atom. The first-order valence-corrected chi connectivity index (χ1v) is 12.4. The summed E-state index contributed by atoms with van der Waals surface area (Å²) in [5.41, 5.74) is 3.89. The minimum atomic E-state index is -1.63. The van der Waals surface area contributed by atoms with E-state index in [1.807, 2.05) is 24.3 Å². The molecule has 3 N–H and O–H groups in total. The monoisotopic (exact) mass is 533 g/mol. The fourth-order valence-electron chi connectivity index (χ4n) is 4.58. The predicted molar refractivity (Wildman–Crippen MR) is 145 cm³/mol. The van der Waals surface area contributed by atoms with Crippen molar-refractivity contribution in [3.63, 3.8) is 0 Å². The van der Waals surface area contributed by atoms with Gasteiger partial charge in [0.1, 0.15) is 11.7 Å². The van der Waals surface area contributed by atoms with Gasteiger partial charge in [0.25, 0.3) is 5.91 Å². The molecule has 10 nitrogen and oxygen atoms in total. The van der Waals surface area contributed by atoms with E-state index in [9.17, 15) is 24.4 Å². The van der Waals surface area contributed by atoms with E-state index >= 15 is 0 Å². The molecule has 198 valence electrons. The standard InChI is InChI=1S/C30H23N5O5/c1-17(30(39)40)32-28(37)19-13-12-18-14-23-25(27(36)24(16-31)29(38)33-20-8-4-2-5-9-20)34-35(26(23)22(18)15-19)21-10-6-3-7-11-21/h2-13,15,17,24H,14H2,1H3,(H,32,37)(H,33,38)(H,39,40)/t17-,24?/m0/s1. The van der Waals surface area contributed by atoms with E-state index in [-0.39, 0.29) is 11.3 Å². The van der Waals surface area contributed by atoms with E-state index in [1.165, 1.54) is 6.92 Å².